The molecular formula is C8H14O3. The van der Waals surface area contributed by atoms with Crippen LogP contribution in [0.5, 0.6) is 0 Å². The molecule has 0 aromatic rings. The van der Waals surface area contributed by atoms with Gasteiger partial charge in [0.25, 0.3) is 0 Å². The molecule has 0 aromatic carbocycles. The molecule has 0 saturated carbocycles. The Morgan fingerprint density at radius 1 is 1.64 bits per heavy atom. The van der Waals surface area contributed by atoms with E-state index in [2.05, 4.69) is 0 Å². The van der Waals surface area contributed by atoms with Gasteiger partial charge in [-0.2, -0.15) is 0 Å². The third-order valence-electron chi connectivity index (χ3n) is 1.57. The first-order valence-corrected chi connectivity index (χ1v) is 4.01. The zero-order chi connectivity index (χ0) is 8.43. The van der Waals surface area contributed by atoms with Gasteiger partial charge in [-0.1, -0.05) is 6.92 Å². The van der Waals surface area contributed by atoms with Gasteiger partial charge >= 0.3 is 5.97 Å². The van der Waals surface area contributed by atoms with Crippen molar-refractivity contribution in [3.8, 4) is 0 Å². The van der Waals surface area contributed by atoms with E-state index in [4.69, 9.17) is 9.47 Å². The van der Waals surface area contributed by atoms with Gasteiger partial charge in [-0.05, 0) is 20.3 Å². The molecule has 1 heterocycles. The topological polar surface area (TPSA) is 38.8 Å². The van der Waals surface area contributed by atoms with Gasteiger partial charge < -0.3 is 9.47 Å². The Balaban J connectivity index is 2.23. The fourth-order valence-corrected chi connectivity index (χ4v) is 0.960. The maximum atomic E-state index is 11.0. The molecule has 64 valence electrons. The van der Waals surface area contributed by atoms with E-state index in [1.807, 2.05) is 20.8 Å². The molecule has 0 N–H and O–H groups in total. The SMILES string of the molecule is CCC1OC1C(=O)OC(C)C. The molecule has 0 amide bonds. The van der Waals surface area contributed by atoms with E-state index in [1.165, 1.54) is 0 Å². The first kappa shape index (κ1) is 8.53. The van der Waals surface area contributed by atoms with Gasteiger partial charge in [-0.25, -0.2) is 4.79 Å². The van der Waals surface area contributed by atoms with Crippen LogP contribution in [-0.2, 0) is 14.3 Å². The van der Waals surface area contributed by atoms with E-state index in [-0.39, 0.29) is 24.3 Å². The van der Waals surface area contributed by atoms with Crippen molar-refractivity contribution in [3.05, 3.63) is 0 Å². The molecule has 1 aliphatic heterocycles. The van der Waals surface area contributed by atoms with Crippen molar-refractivity contribution < 1.29 is 14.3 Å². The van der Waals surface area contributed by atoms with E-state index >= 15 is 0 Å². The van der Waals surface area contributed by atoms with Gasteiger partial charge in [0.05, 0.1) is 12.2 Å². The van der Waals surface area contributed by atoms with Gasteiger partial charge in [0.15, 0.2) is 6.10 Å². The second-order valence-electron chi connectivity index (χ2n) is 2.99. The molecule has 1 rings (SSSR count). The second kappa shape index (κ2) is 3.22. The van der Waals surface area contributed by atoms with Crippen LogP contribution in [0.2, 0.25) is 0 Å². The molecular weight excluding hydrogens is 144 g/mol. The highest BCUT2D eigenvalue weighted by Gasteiger charge is 2.44. The fraction of sp³-hybridized carbons (Fsp3) is 0.875. The maximum absolute atomic E-state index is 11.0. The molecule has 2 atom stereocenters. The van der Waals surface area contributed by atoms with Crippen molar-refractivity contribution in [2.75, 3.05) is 0 Å². The van der Waals surface area contributed by atoms with Crippen LogP contribution >= 0.6 is 0 Å². The number of carbonyl (C=O) groups is 1. The minimum atomic E-state index is -0.276. The number of rotatable bonds is 3. The molecule has 1 aliphatic rings. The monoisotopic (exact) mass is 158 g/mol. The van der Waals surface area contributed by atoms with Gasteiger partial charge in [0.2, 0.25) is 0 Å². The normalized spacial score (nSPS) is 28.7. The molecule has 3 nitrogen and oxygen atoms in total. The van der Waals surface area contributed by atoms with Crippen molar-refractivity contribution in [1.82, 2.24) is 0 Å². The third-order valence-corrected chi connectivity index (χ3v) is 1.57. The number of ether oxygens (including phenoxy) is 2. The van der Waals surface area contributed by atoms with Crippen LogP contribution < -0.4 is 0 Å². The smallest absolute Gasteiger partial charge is 0.338 e. The lowest BCUT2D eigenvalue weighted by Gasteiger charge is -2.04. The second-order valence-corrected chi connectivity index (χ2v) is 2.99. The molecule has 2 unspecified atom stereocenters. The third kappa shape index (κ3) is 2.19. The summed E-state index contributed by atoms with van der Waals surface area (Å²) in [6.45, 7) is 5.66. The highest BCUT2D eigenvalue weighted by atomic mass is 16.6. The predicted octanol–water partition coefficient (Wildman–Crippen LogP) is 1.12. The van der Waals surface area contributed by atoms with Crippen molar-refractivity contribution in [2.24, 2.45) is 0 Å². The molecule has 0 spiro atoms. The Hall–Kier alpha value is -0.570. The number of epoxide rings is 1. The molecule has 11 heavy (non-hydrogen) atoms. The van der Waals surface area contributed by atoms with E-state index in [0.717, 1.165) is 6.42 Å². The first-order chi connectivity index (χ1) is 5.15. The molecule has 0 aromatic heterocycles. The summed E-state index contributed by atoms with van der Waals surface area (Å²) in [6.07, 6.45) is 0.686. The standard InChI is InChI=1S/C8H14O3/c1-4-6-7(11-6)8(9)10-5(2)3/h5-7H,4H2,1-3H3. The van der Waals surface area contributed by atoms with Crippen LogP contribution in [0.4, 0.5) is 0 Å². The zero-order valence-electron chi connectivity index (χ0n) is 7.16. The minimum absolute atomic E-state index is 0.0378. The Bertz CT molecular complexity index is 153. The predicted molar refractivity (Wildman–Crippen MR) is 40.2 cm³/mol. The summed E-state index contributed by atoms with van der Waals surface area (Å²) in [5.74, 6) is -0.216. The quantitative estimate of drug-likeness (QED) is 0.456. The minimum Gasteiger partial charge on any atom is -0.461 e. The molecule has 0 bridgehead atoms. The average Bonchev–Trinajstić information content (AvgIpc) is 2.63. The largest absolute Gasteiger partial charge is 0.461 e. The zero-order valence-corrected chi connectivity index (χ0v) is 7.16. The summed E-state index contributed by atoms with van der Waals surface area (Å²) in [4.78, 5) is 11.0. The molecule has 0 radical (unpaired) electrons. The Morgan fingerprint density at radius 3 is 2.64 bits per heavy atom. The van der Waals surface area contributed by atoms with E-state index in [9.17, 15) is 4.79 Å². The van der Waals surface area contributed by atoms with Crippen molar-refractivity contribution in [3.63, 3.8) is 0 Å². The van der Waals surface area contributed by atoms with Crippen LogP contribution in [0, 0.1) is 0 Å². The lowest BCUT2D eigenvalue weighted by Crippen LogP contribution is -2.18. The number of esters is 1. The van der Waals surface area contributed by atoms with Crippen molar-refractivity contribution in [1.29, 1.82) is 0 Å². The average molecular weight is 158 g/mol. The van der Waals surface area contributed by atoms with Gasteiger partial charge in [-0.15, -0.1) is 0 Å². The van der Waals surface area contributed by atoms with Crippen molar-refractivity contribution >= 4 is 5.97 Å². The van der Waals surface area contributed by atoms with Crippen LogP contribution in [0.25, 0.3) is 0 Å². The number of carbonyl (C=O) groups excluding carboxylic acids is 1. The molecule has 1 fully saturated rings. The summed E-state index contributed by atoms with van der Waals surface area (Å²) < 4.78 is 10.00. The van der Waals surface area contributed by atoms with Gasteiger partial charge in [0.1, 0.15) is 0 Å². The van der Waals surface area contributed by atoms with Gasteiger partial charge in [-0.3, -0.25) is 0 Å². The fourth-order valence-electron chi connectivity index (χ4n) is 0.960. The van der Waals surface area contributed by atoms with E-state index < -0.39 is 0 Å². The molecule has 1 saturated heterocycles. The highest BCUT2D eigenvalue weighted by molar-refractivity contribution is 5.78. The Morgan fingerprint density at radius 2 is 2.27 bits per heavy atom. The Labute approximate surface area is 66.7 Å². The van der Waals surface area contributed by atoms with Crippen LogP contribution in [0.15, 0.2) is 0 Å². The lowest BCUT2D eigenvalue weighted by molar-refractivity contribution is -0.148. The summed E-state index contributed by atoms with van der Waals surface area (Å²) in [5.41, 5.74) is 0. The van der Waals surface area contributed by atoms with Crippen LogP contribution in [0.3, 0.4) is 0 Å². The van der Waals surface area contributed by atoms with E-state index in [1.54, 1.807) is 0 Å². The van der Waals surface area contributed by atoms with Crippen LogP contribution in [0.1, 0.15) is 27.2 Å². The van der Waals surface area contributed by atoms with Gasteiger partial charge in [0, 0.05) is 0 Å². The highest BCUT2D eigenvalue weighted by Crippen LogP contribution is 2.26. The summed E-state index contributed by atoms with van der Waals surface area (Å²) >= 11 is 0. The number of hydrogen-bond donors (Lipinski definition) is 0. The summed E-state index contributed by atoms with van der Waals surface area (Å²) in [7, 11) is 0. The summed E-state index contributed by atoms with van der Waals surface area (Å²) in [6, 6.07) is 0. The van der Waals surface area contributed by atoms with E-state index in [0.29, 0.717) is 0 Å². The Kier molecular flexibility index (Phi) is 2.49. The molecule has 0 aliphatic carbocycles. The van der Waals surface area contributed by atoms with Crippen molar-refractivity contribution in [2.45, 2.75) is 45.5 Å². The lowest BCUT2D eigenvalue weighted by atomic mass is 10.2. The van der Waals surface area contributed by atoms with Crippen LogP contribution in [-0.4, -0.2) is 24.3 Å². The maximum Gasteiger partial charge on any atom is 0.338 e. The number of hydrogen-bond acceptors (Lipinski definition) is 3. The molecule has 3 heteroatoms. The first-order valence-electron chi connectivity index (χ1n) is 4.01. The summed E-state index contributed by atoms with van der Waals surface area (Å²) in [5, 5.41) is 0.